The highest BCUT2D eigenvalue weighted by molar-refractivity contribution is 5.76. The maximum absolute atomic E-state index is 12.1. The lowest BCUT2D eigenvalue weighted by Crippen LogP contribution is -2.48. The lowest BCUT2D eigenvalue weighted by molar-refractivity contribution is -0.148. The summed E-state index contributed by atoms with van der Waals surface area (Å²) >= 11 is 0. The molecular weight excluding hydrogens is 244 g/mol. The van der Waals surface area contributed by atoms with Gasteiger partial charge in [0.1, 0.15) is 6.04 Å². The minimum atomic E-state index is -0.353. The van der Waals surface area contributed by atoms with Gasteiger partial charge in [0.25, 0.3) is 0 Å². The molecule has 0 rings (SSSR count). The molecule has 1 unspecified atom stereocenters. The summed E-state index contributed by atoms with van der Waals surface area (Å²) in [5, 5.41) is 6.63. The Hall–Kier alpha value is -1.26. The van der Waals surface area contributed by atoms with Crippen LogP contribution < -0.4 is 5.32 Å². The second-order valence-corrected chi connectivity index (χ2v) is 5.20. The maximum atomic E-state index is 12.1. The molecule has 1 N–H and O–H groups in total. The summed E-state index contributed by atoms with van der Waals surface area (Å²) in [6.45, 7) is 11.4. The molecule has 0 saturated carbocycles. The van der Waals surface area contributed by atoms with Gasteiger partial charge in [0.15, 0.2) is 0 Å². The standard InChI is InChI=1S/C13H26N4O2/c1-6-19-13(18)12(15-7-8-16-17-14)11(9(2)3)10(4)5/h9-12,15H,6-8H2,1-5H3. The van der Waals surface area contributed by atoms with Crippen LogP contribution in [0.5, 0.6) is 0 Å². The molecule has 0 aliphatic heterocycles. The van der Waals surface area contributed by atoms with Gasteiger partial charge >= 0.3 is 5.97 Å². The van der Waals surface area contributed by atoms with Crippen molar-refractivity contribution < 1.29 is 9.53 Å². The Morgan fingerprint density at radius 2 is 1.89 bits per heavy atom. The summed E-state index contributed by atoms with van der Waals surface area (Å²) in [7, 11) is 0. The first-order valence-electron chi connectivity index (χ1n) is 6.86. The van der Waals surface area contributed by atoms with Gasteiger partial charge in [-0.25, -0.2) is 0 Å². The highest BCUT2D eigenvalue weighted by Gasteiger charge is 2.33. The van der Waals surface area contributed by atoms with Crippen LogP contribution in [-0.4, -0.2) is 31.7 Å². The van der Waals surface area contributed by atoms with E-state index in [-0.39, 0.29) is 17.9 Å². The van der Waals surface area contributed by atoms with Crippen LogP contribution in [0.4, 0.5) is 0 Å². The van der Waals surface area contributed by atoms with Crippen molar-refractivity contribution in [3.63, 3.8) is 0 Å². The van der Waals surface area contributed by atoms with Gasteiger partial charge in [-0.2, -0.15) is 0 Å². The quantitative estimate of drug-likeness (QED) is 0.230. The third-order valence-corrected chi connectivity index (χ3v) is 3.10. The van der Waals surface area contributed by atoms with Crippen LogP contribution >= 0.6 is 0 Å². The smallest absolute Gasteiger partial charge is 0.323 e. The van der Waals surface area contributed by atoms with Gasteiger partial charge in [-0.05, 0) is 30.2 Å². The van der Waals surface area contributed by atoms with E-state index in [0.717, 1.165) is 0 Å². The molecule has 0 saturated heterocycles. The Morgan fingerprint density at radius 1 is 1.32 bits per heavy atom. The predicted octanol–water partition coefficient (Wildman–Crippen LogP) is 2.75. The van der Waals surface area contributed by atoms with Crippen LogP contribution in [0.1, 0.15) is 34.6 Å². The molecule has 0 spiro atoms. The molecule has 0 aromatic carbocycles. The normalized spacial score (nSPS) is 12.6. The molecule has 0 aliphatic rings. The van der Waals surface area contributed by atoms with E-state index in [1.165, 1.54) is 0 Å². The van der Waals surface area contributed by atoms with Gasteiger partial charge < -0.3 is 10.1 Å². The van der Waals surface area contributed by atoms with Gasteiger partial charge in [-0.15, -0.1) is 0 Å². The molecule has 1 atom stereocenters. The largest absolute Gasteiger partial charge is 0.465 e. The van der Waals surface area contributed by atoms with E-state index in [1.807, 2.05) is 0 Å². The van der Waals surface area contributed by atoms with Crippen molar-refractivity contribution in [3.05, 3.63) is 10.4 Å². The summed E-state index contributed by atoms with van der Waals surface area (Å²) in [5.41, 5.74) is 8.25. The van der Waals surface area contributed by atoms with Crippen LogP contribution in [0.25, 0.3) is 10.4 Å². The zero-order valence-corrected chi connectivity index (χ0v) is 12.6. The molecule has 19 heavy (non-hydrogen) atoms. The van der Waals surface area contributed by atoms with Gasteiger partial charge in [0.2, 0.25) is 0 Å². The van der Waals surface area contributed by atoms with Gasteiger partial charge in [-0.3, -0.25) is 4.79 Å². The van der Waals surface area contributed by atoms with E-state index < -0.39 is 0 Å². The summed E-state index contributed by atoms with van der Waals surface area (Å²) < 4.78 is 5.14. The summed E-state index contributed by atoms with van der Waals surface area (Å²) in [4.78, 5) is 14.8. The summed E-state index contributed by atoms with van der Waals surface area (Å²) in [5.74, 6) is 0.684. The van der Waals surface area contributed by atoms with Crippen molar-refractivity contribution in [1.82, 2.24) is 5.32 Å². The highest BCUT2D eigenvalue weighted by atomic mass is 16.5. The van der Waals surface area contributed by atoms with Crippen LogP contribution in [0.3, 0.4) is 0 Å². The number of carbonyl (C=O) groups is 1. The number of carbonyl (C=O) groups excluding carboxylic acids is 1. The Labute approximate surface area is 115 Å². The fourth-order valence-corrected chi connectivity index (χ4v) is 2.46. The molecule has 0 aromatic rings. The lowest BCUT2D eigenvalue weighted by Gasteiger charge is -2.32. The second-order valence-electron chi connectivity index (χ2n) is 5.20. The maximum Gasteiger partial charge on any atom is 0.323 e. The topological polar surface area (TPSA) is 87.1 Å². The molecular formula is C13H26N4O2. The van der Waals surface area contributed by atoms with E-state index in [0.29, 0.717) is 31.5 Å². The molecule has 0 aromatic heterocycles. The molecule has 6 nitrogen and oxygen atoms in total. The third kappa shape index (κ3) is 6.45. The van der Waals surface area contributed by atoms with Crippen LogP contribution in [0.15, 0.2) is 5.11 Å². The minimum absolute atomic E-state index is 0.185. The van der Waals surface area contributed by atoms with Crippen molar-refractivity contribution in [2.24, 2.45) is 22.9 Å². The number of rotatable bonds is 9. The zero-order valence-electron chi connectivity index (χ0n) is 12.6. The number of hydrogen-bond acceptors (Lipinski definition) is 4. The number of esters is 1. The first kappa shape index (κ1) is 17.7. The number of nitrogens with one attached hydrogen (secondary N) is 1. The van der Waals surface area contributed by atoms with E-state index in [2.05, 4.69) is 43.0 Å². The average Bonchev–Trinajstić information content (AvgIpc) is 2.32. The van der Waals surface area contributed by atoms with Gasteiger partial charge in [0.05, 0.1) is 6.61 Å². The number of hydrogen-bond donors (Lipinski definition) is 1. The summed E-state index contributed by atoms with van der Waals surface area (Å²) in [6.07, 6.45) is 0. The zero-order chi connectivity index (χ0) is 14.8. The molecule has 0 amide bonds. The molecule has 0 fully saturated rings. The summed E-state index contributed by atoms with van der Waals surface area (Å²) in [6, 6.07) is -0.353. The molecule has 6 heteroatoms. The number of ether oxygens (including phenoxy) is 1. The second kappa shape index (κ2) is 9.64. The van der Waals surface area contributed by atoms with Crippen molar-refractivity contribution in [3.8, 4) is 0 Å². The fourth-order valence-electron chi connectivity index (χ4n) is 2.46. The highest BCUT2D eigenvalue weighted by Crippen LogP contribution is 2.25. The molecule has 0 bridgehead atoms. The van der Waals surface area contributed by atoms with Crippen molar-refractivity contribution in [1.29, 1.82) is 0 Å². The van der Waals surface area contributed by atoms with E-state index in [4.69, 9.17) is 10.3 Å². The Bertz CT molecular complexity index is 304. The molecule has 0 heterocycles. The van der Waals surface area contributed by atoms with Crippen LogP contribution in [0, 0.1) is 17.8 Å². The Kier molecular flexibility index (Phi) is 9.00. The van der Waals surface area contributed by atoms with Crippen molar-refractivity contribution in [2.75, 3.05) is 19.7 Å². The molecule has 0 radical (unpaired) electrons. The van der Waals surface area contributed by atoms with E-state index in [9.17, 15) is 4.79 Å². The lowest BCUT2D eigenvalue weighted by atomic mass is 9.79. The van der Waals surface area contributed by atoms with Crippen molar-refractivity contribution in [2.45, 2.75) is 40.7 Å². The predicted molar refractivity (Wildman–Crippen MR) is 75.6 cm³/mol. The first-order valence-corrected chi connectivity index (χ1v) is 6.86. The van der Waals surface area contributed by atoms with Crippen LogP contribution in [0.2, 0.25) is 0 Å². The van der Waals surface area contributed by atoms with Gasteiger partial charge in [0, 0.05) is 18.0 Å². The van der Waals surface area contributed by atoms with E-state index >= 15 is 0 Å². The first-order chi connectivity index (χ1) is 8.95. The Morgan fingerprint density at radius 3 is 2.32 bits per heavy atom. The minimum Gasteiger partial charge on any atom is -0.465 e. The Balaban J connectivity index is 4.80. The third-order valence-electron chi connectivity index (χ3n) is 3.10. The van der Waals surface area contributed by atoms with E-state index in [1.54, 1.807) is 6.92 Å². The van der Waals surface area contributed by atoms with Gasteiger partial charge in [-0.1, -0.05) is 32.8 Å². The monoisotopic (exact) mass is 270 g/mol. The number of azide groups is 1. The van der Waals surface area contributed by atoms with Crippen molar-refractivity contribution >= 4 is 5.97 Å². The average molecular weight is 270 g/mol. The molecule has 0 aliphatic carbocycles. The fraction of sp³-hybridized carbons (Fsp3) is 0.923. The number of nitrogens with zero attached hydrogens (tertiary/aromatic N) is 3. The SMILES string of the molecule is CCOC(=O)C(NCCN=[N+]=[N-])C(C(C)C)C(C)C. The molecule has 110 valence electrons. The van der Waals surface area contributed by atoms with Crippen LogP contribution in [-0.2, 0) is 9.53 Å².